The molecule has 1 aromatic heterocycles. The monoisotopic (exact) mass is 362 g/mol. The minimum Gasteiger partial charge on any atom is -0.494 e. The van der Waals surface area contributed by atoms with Crippen LogP contribution in [-0.2, 0) is 9.59 Å². The number of likely N-dealkylation sites (tertiary alicyclic amines) is 1. The van der Waals surface area contributed by atoms with E-state index in [2.05, 4.69) is 10.3 Å². The van der Waals surface area contributed by atoms with Gasteiger partial charge >= 0.3 is 0 Å². The number of aromatic nitrogens is 1. The van der Waals surface area contributed by atoms with E-state index in [-0.39, 0.29) is 24.3 Å². The zero-order valence-electron chi connectivity index (χ0n) is 14.2. The van der Waals surface area contributed by atoms with Gasteiger partial charge in [0.15, 0.2) is 5.13 Å². The number of rotatable bonds is 6. The van der Waals surface area contributed by atoms with Crippen LogP contribution in [-0.4, -0.2) is 47.9 Å². The Bertz CT molecular complexity index is 768. The smallest absolute Gasteiger partial charge is 0.231 e. The minimum atomic E-state index is -0.330. The SMILES string of the molecule is CCOc1ccc2nc(NC(=O)C3CCN(CC(N)=O)CC3)sc2c1. The molecule has 0 aliphatic carbocycles. The summed E-state index contributed by atoms with van der Waals surface area (Å²) < 4.78 is 6.47. The zero-order valence-corrected chi connectivity index (χ0v) is 15.0. The second-order valence-corrected chi connectivity index (χ2v) is 7.12. The van der Waals surface area contributed by atoms with Crippen LogP contribution in [0.1, 0.15) is 19.8 Å². The van der Waals surface area contributed by atoms with Crippen molar-refractivity contribution in [3.63, 3.8) is 0 Å². The lowest BCUT2D eigenvalue weighted by Crippen LogP contribution is -2.42. The highest BCUT2D eigenvalue weighted by molar-refractivity contribution is 7.22. The average molecular weight is 362 g/mol. The van der Waals surface area contributed by atoms with E-state index in [9.17, 15) is 9.59 Å². The molecule has 25 heavy (non-hydrogen) atoms. The molecule has 8 heteroatoms. The van der Waals surface area contributed by atoms with Crippen LogP contribution in [0.2, 0.25) is 0 Å². The molecule has 0 atom stereocenters. The van der Waals surface area contributed by atoms with Crippen LogP contribution in [0.15, 0.2) is 18.2 Å². The number of piperidine rings is 1. The number of nitrogens with two attached hydrogens (primary N) is 1. The average Bonchev–Trinajstić information content (AvgIpc) is 2.96. The first-order chi connectivity index (χ1) is 12.0. The van der Waals surface area contributed by atoms with Crippen LogP contribution in [0, 0.1) is 5.92 Å². The maximum atomic E-state index is 12.5. The summed E-state index contributed by atoms with van der Waals surface area (Å²) in [5.74, 6) is 0.403. The van der Waals surface area contributed by atoms with Crippen molar-refractivity contribution in [1.29, 1.82) is 0 Å². The topological polar surface area (TPSA) is 97.6 Å². The standard InChI is InChI=1S/C17H22N4O3S/c1-2-24-12-3-4-13-14(9-12)25-17(19-13)20-16(23)11-5-7-21(8-6-11)10-15(18)22/h3-4,9,11H,2,5-8,10H2,1H3,(H2,18,22)(H,19,20,23). The maximum absolute atomic E-state index is 12.5. The summed E-state index contributed by atoms with van der Waals surface area (Å²) >= 11 is 1.44. The second-order valence-electron chi connectivity index (χ2n) is 6.09. The van der Waals surface area contributed by atoms with E-state index in [0.29, 0.717) is 24.8 Å². The van der Waals surface area contributed by atoms with Gasteiger partial charge in [-0.2, -0.15) is 0 Å². The molecule has 0 spiro atoms. The van der Waals surface area contributed by atoms with Gasteiger partial charge in [-0.15, -0.1) is 0 Å². The molecule has 1 fully saturated rings. The Morgan fingerprint density at radius 1 is 1.40 bits per heavy atom. The van der Waals surface area contributed by atoms with E-state index in [1.165, 1.54) is 11.3 Å². The van der Waals surface area contributed by atoms with Gasteiger partial charge in [0.2, 0.25) is 11.8 Å². The number of primary amides is 1. The third kappa shape index (κ3) is 4.46. The zero-order chi connectivity index (χ0) is 17.8. The number of hydrogen-bond acceptors (Lipinski definition) is 6. The molecular weight excluding hydrogens is 340 g/mol. The number of nitrogens with one attached hydrogen (secondary N) is 1. The lowest BCUT2D eigenvalue weighted by molar-refractivity contribution is -0.122. The van der Waals surface area contributed by atoms with E-state index < -0.39 is 0 Å². The van der Waals surface area contributed by atoms with Crippen LogP contribution in [0.5, 0.6) is 5.75 Å². The second kappa shape index (κ2) is 7.79. The number of thiazole rings is 1. The first-order valence-electron chi connectivity index (χ1n) is 8.40. The number of fused-ring (bicyclic) bond motifs is 1. The number of amides is 2. The predicted octanol–water partition coefficient (Wildman–Crippen LogP) is 1.83. The number of carbonyl (C=O) groups excluding carboxylic acids is 2. The van der Waals surface area contributed by atoms with E-state index >= 15 is 0 Å². The largest absolute Gasteiger partial charge is 0.494 e. The lowest BCUT2D eigenvalue weighted by Gasteiger charge is -2.29. The number of anilines is 1. The molecule has 1 aromatic carbocycles. The quantitative estimate of drug-likeness (QED) is 0.817. The first-order valence-corrected chi connectivity index (χ1v) is 9.21. The third-order valence-electron chi connectivity index (χ3n) is 4.24. The van der Waals surface area contributed by atoms with Crippen LogP contribution in [0.25, 0.3) is 10.2 Å². The molecule has 0 bridgehead atoms. The molecule has 0 unspecified atom stereocenters. The lowest BCUT2D eigenvalue weighted by atomic mass is 9.96. The molecular formula is C17H22N4O3S. The Balaban J connectivity index is 1.59. The summed E-state index contributed by atoms with van der Waals surface area (Å²) in [5.41, 5.74) is 6.06. The highest BCUT2D eigenvalue weighted by Gasteiger charge is 2.26. The highest BCUT2D eigenvalue weighted by Crippen LogP contribution is 2.30. The third-order valence-corrected chi connectivity index (χ3v) is 5.17. The number of carbonyl (C=O) groups is 2. The number of hydrogen-bond donors (Lipinski definition) is 2. The fourth-order valence-corrected chi connectivity index (χ4v) is 3.89. The van der Waals surface area contributed by atoms with Gasteiger partial charge in [0.1, 0.15) is 5.75 Å². The van der Waals surface area contributed by atoms with Crippen molar-refractivity contribution in [2.24, 2.45) is 11.7 Å². The minimum absolute atomic E-state index is 0.0113. The van der Waals surface area contributed by atoms with E-state index in [1.54, 1.807) is 0 Å². The summed E-state index contributed by atoms with van der Waals surface area (Å²) in [6.45, 7) is 4.23. The van der Waals surface area contributed by atoms with E-state index in [0.717, 1.165) is 28.8 Å². The summed E-state index contributed by atoms with van der Waals surface area (Å²) in [6.07, 6.45) is 1.44. The van der Waals surface area contributed by atoms with Gasteiger partial charge in [0.05, 0.1) is 23.4 Å². The van der Waals surface area contributed by atoms with Crippen molar-refractivity contribution in [3.05, 3.63) is 18.2 Å². The number of ether oxygens (including phenoxy) is 1. The predicted molar refractivity (Wildman–Crippen MR) is 97.8 cm³/mol. The van der Waals surface area contributed by atoms with E-state index in [4.69, 9.17) is 10.5 Å². The summed E-state index contributed by atoms with van der Waals surface area (Å²) in [6, 6.07) is 5.72. The van der Waals surface area contributed by atoms with Gasteiger partial charge in [-0.25, -0.2) is 4.98 Å². The Morgan fingerprint density at radius 2 is 2.16 bits per heavy atom. The van der Waals surface area contributed by atoms with Crippen LogP contribution >= 0.6 is 11.3 Å². The summed E-state index contributed by atoms with van der Waals surface area (Å²) in [5, 5.41) is 3.53. The van der Waals surface area contributed by atoms with Crippen molar-refractivity contribution in [1.82, 2.24) is 9.88 Å². The molecule has 134 valence electrons. The van der Waals surface area contributed by atoms with Crippen molar-refractivity contribution in [3.8, 4) is 5.75 Å². The fourth-order valence-electron chi connectivity index (χ4n) is 3.00. The molecule has 2 heterocycles. The van der Waals surface area contributed by atoms with Gasteiger partial charge in [0, 0.05) is 5.92 Å². The molecule has 0 radical (unpaired) electrons. The molecule has 2 amide bonds. The van der Waals surface area contributed by atoms with Crippen molar-refractivity contribution in [2.75, 3.05) is 31.6 Å². The molecule has 3 rings (SSSR count). The Kier molecular flexibility index (Phi) is 5.50. The van der Waals surface area contributed by atoms with Crippen LogP contribution in [0.4, 0.5) is 5.13 Å². The van der Waals surface area contributed by atoms with Crippen LogP contribution < -0.4 is 15.8 Å². The van der Waals surface area contributed by atoms with E-state index in [1.807, 2.05) is 30.0 Å². The highest BCUT2D eigenvalue weighted by atomic mass is 32.1. The molecule has 7 nitrogen and oxygen atoms in total. The fraction of sp³-hybridized carbons (Fsp3) is 0.471. The number of benzene rings is 1. The number of nitrogens with zero attached hydrogens (tertiary/aromatic N) is 2. The first kappa shape index (κ1) is 17.6. The van der Waals surface area contributed by atoms with Crippen LogP contribution in [0.3, 0.4) is 0 Å². The Morgan fingerprint density at radius 3 is 2.84 bits per heavy atom. The molecule has 1 aliphatic rings. The van der Waals surface area contributed by atoms with Crippen molar-refractivity contribution in [2.45, 2.75) is 19.8 Å². The van der Waals surface area contributed by atoms with Gasteiger partial charge < -0.3 is 15.8 Å². The Hall–Kier alpha value is -2.19. The molecule has 0 saturated carbocycles. The Labute approximate surface area is 150 Å². The van der Waals surface area contributed by atoms with Crippen molar-refractivity contribution < 1.29 is 14.3 Å². The molecule has 2 aromatic rings. The summed E-state index contributed by atoms with van der Waals surface area (Å²) in [7, 11) is 0. The molecule has 1 saturated heterocycles. The van der Waals surface area contributed by atoms with Gasteiger partial charge in [0.25, 0.3) is 0 Å². The van der Waals surface area contributed by atoms with Gasteiger partial charge in [-0.05, 0) is 51.1 Å². The molecule has 1 aliphatic heterocycles. The van der Waals surface area contributed by atoms with Crippen molar-refractivity contribution >= 4 is 38.5 Å². The summed E-state index contributed by atoms with van der Waals surface area (Å²) in [4.78, 5) is 29.9. The van der Waals surface area contributed by atoms with Gasteiger partial charge in [-0.3, -0.25) is 14.5 Å². The normalized spacial score (nSPS) is 16.0. The maximum Gasteiger partial charge on any atom is 0.231 e. The van der Waals surface area contributed by atoms with Gasteiger partial charge in [-0.1, -0.05) is 11.3 Å². The molecule has 3 N–H and O–H groups in total.